The number of piperidine rings is 1. The predicted octanol–water partition coefficient (Wildman–Crippen LogP) is 4.00. The maximum atomic E-state index is 11.8. The highest BCUT2D eigenvalue weighted by molar-refractivity contribution is 6.74. The second kappa shape index (κ2) is 5.90. The van der Waals surface area contributed by atoms with E-state index >= 15 is 0 Å². The summed E-state index contributed by atoms with van der Waals surface area (Å²) in [6.45, 7) is 17.8. The molecular formula is C15H29NO3Si. The highest BCUT2D eigenvalue weighted by Gasteiger charge is 2.42. The molecule has 0 aromatic heterocycles. The maximum Gasteiger partial charge on any atom is 0.413 e. The Bertz CT molecular complexity index is 387. The van der Waals surface area contributed by atoms with Crippen molar-refractivity contribution in [3.8, 4) is 0 Å². The maximum absolute atomic E-state index is 11.8. The van der Waals surface area contributed by atoms with Crippen LogP contribution in [0.1, 0.15) is 34.1 Å². The third-order valence-electron chi connectivity index (χ3n) is 4.58. The van der Waals surface area contributed by atoms with Crippen LogP contribution < -0.4 is 0 Å². The summed E-state index contributed by atoms with van der Waals surface area (Å²) in [5.41, 5.74) is 0.819. The molecule has 116 valence electrons. The van der Waals surface area contributed by atoms with Gasteiger partial charge in [0.15, 0.2) is 8.32 Å². The van der Waals surface area contributed by atoms with Crippen LogP contribution in [-0.2, 0) is 9.16 Å². The minimum atomic E-state index is -1.84. The molecule has 0 radical (unpaired) electrons. The van der Waals surface area contributed by atoms with Gasteiger partial charge in [-0.1, -0.05) is 34.3 Å². The number of nitrogens with zero attached hydrogens (tertiary/aromatic N) is 1. The molecule has 0 unspecified atom stereocenters. The average Bonchev–Trinajstić information content (AvgIpc) is 2.30. The molecule has 0 bridgehead atoms. The van der Waals surface area contributed by atoms with Gasteiger partial charge in [0.2, 0.25) is 0 Å². The van der Waals surface area contributed by atoms with Crippen LogP contribution in [0.2, 0.25) is 18.1 Å². The van der Waals surface area contributed by atoms with E-state index in [4.69, 9.17) is 9.16 Å². The van der Waals surface area contributed by atoms with Crippen molar-refractivity contribution in [2.45, 2.75) is 58.4 Å². The number of carbonyl (C=O) groups excluding carboxylic acids is 1. The number of methoxy groups -OCH3 is 1. The van der Waals surface area contributed by atoms with E-state index in [0.717, 1.165) is 12.1 Å². The van der Waals surface area contributed by atoms with Gasteiger partial charge >= 0.3 is 6.09 Å². The molecule has 5 heteroatoms. The Labute approximate surface area is 124 Å². The Morgan fingerprint density at radius 1 is 1.40 bits per heavy atom. The zero-order valence-electron chi connectivity index (χ0n) is 13.9. The summed E-state index contributed by atoms with van der Waals surface area (Å²) in [6, 6.07) is 0. The van der Waals surface area contributed by atoms with Crippen LogP contribution in [-0.4, -0.2) is 39.1 Å². The van der Waals surface area contributed by atoms with E-state index in [1.807, 2.05) is 0 Å². The van der Waals surface area contributed by atoms with Crippen molar-refractivity contribution in [1.82, 2.24) is 4.90 Å². The van der Waals surface area contributed by atoms with E-state index in [-0.39, 0.29) is 17.2 Å². The molecule has 4 nitrogen and oxygen atoms in total. The Morgan fingerprint density at radius 2 is 1.95 bits per heavy atom. The van der Waals surface area contributed by atoms with Gasteiger partial charge in [0, 0.05) is 5.70 Å². The first kappa shape index (κ1) is 17.2. The summed E-state index contributed by atoms with van der Waals surface area (Å²) in [6.07, 6.45) is 0.486. The monoisotopic (exact) mass is 299 g/mol. The highest BCUT2D eigenvalue weighted by atomic mass is 28.4. The van der Waals surface area contributed by atoms with Gasteiger partial charge in [-0.25, -0.2) is 4.79 Å². The van der Waals surface area contributed by atoms with E-state index in [1.165, 1.54) is 7.11 Å². The number of hydrogen-bond acceptors (Lipinski definition) is 3. The van der Waals surface area contributed by atoms with Crippen molar-refractivity contribution in [3.05, 3.63) is 12.3 Å². The Balaban J connectivity index is 2.85. The van der Waals surface area contributed by atoms with Crippen molar-refractivity contribution in [3.63, 3.8) is 0 Å². The van der Waals surface area contributed by atoms with Gasteiger partial charge < -0.3 is 9.16 Å². The van der Waals surface area contributed by atoms with Gasteiger partial charge in [0.1, 0.15) is 0 Å². The van der Waals surface area contributed by atoms with Crippen LogP contribution in [0.5, 0.6) is 0 Å². The molecule has 1 heterocycles. The van der Waals surface area contributed by atoms with Crippen LogP contribution >= 0.6 is 0 Å². The van der Waals surface area contributed by atoms with Gasteiger partial charge in [-0.3, -0.25) is 4.90 Å². The normalized spacial score (nSPS) is 24.8. The van der Waals surface area contributed by atoms with Gasteiger partial charge in [-0.15, -0.1) is 0 Å². The van der Waals surface area contributed by atoms with Crippen LogP contribution in [0.4, 0.5) is 4.79 Å². The quantitative estimate of drug-likeness (QED) is 0.723. The van der Waals surface area contributed by atoms with Gasteiger partial charge in [-0.2, -0.15) is 0 Å². The smallest absolute Gasteiger partial charge is 0.413 e. The minimum absolute atomic E-state index is 0.0560. The second-order valence-corrected chi connectivity index (χ2v) is 12.0. The SMILES string of the molecule is C=C1C[C@H](C)[C@H](O[Si](C)(C)C(C)(C)C)CN1C(=O)OC. The first-order chi connectivity index (χ1) is 8.99. The first-order valence-corrected chi connectivity index (χ1v) is 10.1. The number of hydrogen-bond donors (Lipinski definition) is 0. The van der Waals surface area contributed by atoms with Gasteiger partial charge in [0.25, 0.3) is 0 Å². The third-order valence-corrected chi connectivity index (χ3v) is 9.09. The molecular weight excluding hydrogens is 270 g/mol. The van der Waals surface area contributed by atoms with E-state index in [0.29, 0.717) is 12.5 Å². The molecule has 1 aliphatic rings. The standard InChI is InChI=1S/C15H29NO3Si/c1-11-9-12(2)16(14(17)18-6)10-13(11)19-20(7,8)15(3,4)5/h11,13H,2,9-10H2,1,3-8H3/t11-,13+/m0/s1. The van der Waals surface area contributed by atoms with Crippen LogP contribution in [0.15, 0.2) is 12.3 Å². The lowest BCUT2D eigenvalue weighted by atomic mass is 9.94. The molecule has 1 amide bonds. The summed E-state index contributed by atoms with van der Waals surface area (Å²) < 4.78 is 11.3. The van der Waals surface area contributed by atoms with Crippen molar-refractivity contribution in [2.24, 2.45) is 5.92 Å². The minimum Gasteiger partial charge on any atom is -0.452 e. The molecule has 0 aliphatic carbocycles. The predicted molar refractivity (Wildman–Crippen MR) is 84.1 cm³/mol. The number of ether oxygens (including phenoxy) is 1. The molecule has 1 rings (SSSR count). The van der Waals surface area contributed by atoms with Crippen molar-refractivity contribution < 1.29 is 14.0 Å². The first-order valence-electron chi connectivity index (χ1n) is 7.20. The summed E-state index contributed by atoms with van der Waals surface area (Å²) in [7, 11) is -0.439. The van der Waals surface area contributed by atoms with E-state index < -0.39 is 8.32 Å². The van der Waals surface area contributed by atoms with E-state index in [9.17, 15) is 4.79 Å². The zero-order valence-corrected chi connectivity index (χ0v) is 14.9. The molecule has 1 saturated heterocycles. The van der Waals surface area contributed by atoms with Gasteiger partial charge in [-0.05, 0) is 30.5 Å². The third kappa shape index (κ3) is 3.64. The molecule has 1 fully saturated rings. The fourth-order valence-corrected chi connectivity index (χ4v) is 3.54. The Kier molecular flexibility index (Phi) is 5.08. The van der Waals surface area contributed by atoms with Crippen molar-refractivity contribution in [1.29, 1.82) is 0 Å². The summed E-state index contributed by atoms with van der Waals surface area (Å²) in [5, 5.41) is 0.164. The zero-order chi connectivity index (χ0) is 15.7. The number of rotatable bonds is 2. The van der Waals surface area contributed by atoms with E-state index in [2.05, 4.69) is 47.4 Å². The Morgan fingerprint density at radius 3 is 2.40 bits per heavy atom. The fraction of sp³-hybridized carbons (Fsp3) is 0.800. The lowest BCUT2D eigenvalue weighted by Gasteiger charge is -2.44. The number of allylic oxidation sites excluding steroid dienone is 1. The van der Waals surface area contributed by atoms with Crippen molar-refractivity contribution >= 4 is 14.4 Å². The molecule has 0 N–H and O–H groups in total. The topological polar surface area (TPSA) is 38.8 Å². The average molecular weight is 299 g/mol. The fourth-order valence-electron chi connectivity index (χ4n) is 2.12. The lowest BCUT2D eigenvalue weighted by molar-refractivity contribution is 0.0531. The van der Waals surface area contributed by atoms with Crippen LogP contribution in [0, 0.1) is 5.92 Å². The molecule has 0 saturated carbocycles. The highest BCUT2D eigenvalue weighted by Crippen LogP contribution is 2.39. The Hall–Kier alpha value is -0.813. The molecule has 0 aromatic rings. The van der Waals surface area contributed by atoms with E-state index in [1.54, 1.807) is 4.90 Å². The lowest BCUT2D eigenvalue weighted by Crippen LogP contribution is -2.52. The molecule has 2 atom stereocenters. The largest absolute Gasteiger partial charge is 0.452 e. The molecule has 0 spiro atoms. The van der Waals surface area contributed by atoms with Crippen LogP contribution in [0.25, 0.3) is 0 Å². The molecule has 1 aliphatic heterocycles. The van der Waals surface area contributed by atoms with Gasteiger partial charge in [0.05, 0.1) is 19.8 Å². The number of carbonyl (C=O) groups is 1. The second-order valence-electron chi connectivity index (χ2n) is 7.24. The summed E-state index contributed by atoms with van der Waals surface area (Å²) >= 11 is 0. The van der Waals surface area contributed by atoms with Crippen LogP contribution in [0.3, 0.4) is 0 Å². The molecule has 20 heavy (non-hydrogen) atoms. The molecule has 0 aromatic carbocycles. The summed E-state index contributed by atoms with van der Waals surface area (Å²) in [4.78, 5) is 13.4. The van der Waals surface area contributed by atoms with Crippen molar-refractivity contribution in [2.75, 3.05) is 13.7 Å². The number of amides is 1. The summed E-state index contributed by atoms with van der Waals surface area (Å²) in [5.74, 6) is 0.373. The number of likely N-dealkylation sites (tertiary alicyclic amines) is 1.